The topological polar surface area (TPSA) is 9.23 Å². The molecular formula is C10H14FOP. The summed E-state index contributed by atoms with van der Waals surface area (Å²) in [5.74, 6) is 0. The summed E-state index contributed by atoms with van der Waals surface area (Å²) in [4.78, 5) is 0. The van der Waals surface area contributed by atoms with Gasteiger partial charge in [-0.2, -0.15) is 4.20 Å². The van der Waals surface area contributed by atoms with Crippen LogP contribution in [0.15, 0.2) is 30.3 Å². The van der Waals surface area contributed by atoms with Crippen LogP contribution < -0.4 is 5.30 Å². The third kappa shape index (κ3) is 3.84. The van der Waals surface area contributed by atoms with E-state index in [0.717, 1.165) is 0 Å². The molecule has 3 heteroatoms. The van der Waals surface area contributed by atoms with E-state index in [0.29, 0.717) is 5.30 Å². The van der Waals surface area contributed by atoms with Gasteiger partial charge in [-0.1, -0.05) is 18.2 Å². The van der Waals surface area contributed by atoms with E-state index >= 15 is 0 Å². The molecule has 0 aliphatic rings. The van der Waals surface area contributed by atoms with Crippen LogP contribution in [0.4, 0.5) is 4.20 Å². The van der Waals surface area contributed by atoms with Crippen LogP contribution in [-0.4, -0.2) is 5.60 Å². The smallest absolute Gasteiger partial charge is 0.253 e. The first-order valence-electron chi connectivity index (χ1n) is 4.19. The fraction of sp³-hybridized carbons (Fsp3) is 0.400. The first-order valence-corrected chi connectivity index (χ1v) is 5.34. The average Bonchev–Trinajstić information content (AvgIpc) is 2.03. The lowest BCUT2D eigenvalue weighted by Gasteiger charge is -2.21. The summed E-state index contributed by atoms with van der Waals surface area (Å²) in [6.45, 7) is 5.56. The van der Waals surface area contributed by atoms with Crippen molar-refractivity contribution in [2.24, 2.45) is 0 Å². The third-order valence-electron chi connectivity index (χ3n) is 1.31. The molecule has 0 amide bonds. The summed E-state index contributed by atoms with van der Waals surface area (Å²) in [5.41, 5.74) is -0.420. The number of hydrogen-bond donors (Lipinski definition) is 0. The van der Waals surface area contributed by atoms with Gasteiger partial charge in [0.05, 0.1) is 5.60 Å². The van der Waals surface area contributed by atoms with Crippen LogP contribution >= 0.6 is 8.46 Å². The van der Waals surface area contributed by atoms with Crippen LogP contribution in [0.3, 0.4) is 0 Å². The maximum Gasteiger partial charge on any atom is 0.253 e. The van der Waals surface area contributed by atoms with Gasteiger partial charge in [-0.25, -0.2) is 0 Å². The Hall–Kier alpha value is -0.460. The number of hydrogen-bond acceptors (Lipinski definition) is 1. The van der Waals surface area contributed by atoms with Gasteiger partial charge in [0.25, 0.3) is 8.46 Å². The second-order valence-corrected chi connectivity index (χ2v) is 4.97. The minimum atomic E-state index is -1.96. The van der Waals surface area contributed by atoms with E-state index in [1.807, 2.05) is 39.0 Å². The Labute approximate surface area is 79.9 Å². The van der Waals surface area contributed by atoms with Crippen molar-refractivity contribution in [2.45, 2.75) is 26.4 Å². The summed E-state index contributed by atoms with van der Waals surface area (Å²) < 4.78 is 18.7. The highest BCUT2D eigenvalue weighted by molar-refractivity contribution is 7.55. The van der Waals surface area contributed by atoms with Gasteiger partial charge < -0.3 is 4.52 Å². The molecule has 0 aliphatic heterocycles. The van der Waals surface area contributed by atoms with Gasteiger partial charge in [-0.05, 0) is 32.9 Å². The van der Waals surface area contributed by atoms with Gasteiger partial charge >= 0.3 is 0 Å². The molecule has 1 atom stereocenters. The maximum absolute atomic E-state index is 13.5. The van der Waals surface area contributed by atoms with E-state index in [1.165, 1.54) is 0 Å². The highest BCUT2D eigenvalue weighted by Crippen LogP contribution is 2.41. The molecule has 0 N–H and O–H groups in total. The highest BCUT2D eigenvalue weighted by atomic mass is 31.2. The van der Waals surface area contributed by atoms with Crippen LogP contribution in [0.5, 0.6) is 0 Å². The van der Waals surface area contributed by atoms with Crippen LogP contribution in [0.25, 0.3) is 0 Å². The Morgan fingerprint density at radius 1 is 1.15 bits per heavy atom. The Balaban J connectivity index is 2.64. The van der Waals surface area contributed by atoms with Crippen LogP contribution in [0.2, 0.25) is 0 Å². The molecule has 0 aliphatic carbocycles. The molecule has 1 aromatic carbocycles. The lowest BCUT2D eigenvalue weighted by Crippen LogP contribution is -2.17. The SMILES string of the molecule is CC(C)(C)OP(F)c1ccccc1. The van der Waals surface area contributed by atoms with Crippen molar-refractivity contribution in [1.82, 2.24) is 0 Å². The second kappa shape index (κ2) is 4.17. The monoisotopic (exact) mass is 200 g/mol. The predicted octanol–water partition coefficient (Wildman–Crippen LogP) is 3.41. The van der Waals surface area contributed by atoms with Crippen molar-refractivity contribution in [3.8, 4) is 0 Å². The lowest BCUT2D eigenvalue weighted by molar-refractivity contribution is 0.144. The van der Waals surface area contributed by atoms with Crippen molar-refractivity contribution in [1.29, 1.82) is 0 Å². The average molecular weight is 200 g/mol. The summed E-state index contributed by atoms with van der Waals surface area (Å²) in [5, 5.41) is 0.632. The van der Waals surface area contributed by atoms with Crippen molar-refractivity contribution in [2.75, 3.05) is 0 Å². The minimum absolute atomic E-state index is 0.420. The van der Waals surface area contributed by atoms with Crippen molar-refractivity contribution in [3.05, 3.63) is 30.3 Å². The van der Waals surface area contributed by atoms with E-state index in [9.17, 15) is 4.20 Å². The van der Waals surface area contributed by atoms with E-state index in [1.54, 1.807) is 12.1 Å². The molecule has 0 saturated heterocycles. The zero-order valence-electron chi connectivity index (χ0n) is 8.12. The standard InChI is InChI=1S/C10H14FOP/c1-10(2,3)12-13(11)9-7-5-4-6-8-9/h4-8H,1-3H3. The van der Waals surface area contributed by atoms with E-state index in [2.05, 4.69) is 0 Å². The van der Waals surface area contributed by atoms with Crippen LogP contribution in [0.1, 0.15) is 20.8 Å². The Morgan fingerprint density at radius 2 is 1.69 bits per heavy atom. The van der Waals surface area contributed by atoms with Gasteiger partial charge in [0.1, 0.15) is 0 Å². The summed E-state index contributed by atoms with van der Waals surface area (Å²) in [6.07, 6.45) is 0. The van der Waals surface area contributed by atoms with Gasteiger partial charge in [-0.3, -0.25) is 0 Å². The van der Waals surface area contributed by atoms with E-state index < -0.39 is 14.1 Å². The molecule has 0 fully saturated rings. The van der Waals surface area contributed by atoms with Crippen molar-refractivity contribution >= 4 is 13.8 Å². The molecule has 1 rings (SSSR count). The molecule has 0 radical (unpaired) electrons. The first-order chi connectivity index (χ1) is 5.99. The highest BCUT2D eigenvalue weighted by Gasteiger charge is 2.20. The predicted molar refractivity (Wildman–Crippen MR) is 54.9 cm³/mol. The van der Waals surface area contributed by atoms with Gasteiger partial charge in [0.15, 0.2) is 0 Å². The Bertz CT molecular complexity index is 255. The zero-order chi connectivity index (χ0) is 9.90. The van der Waals surface area contributed by atoms with E-state index in [4.69, 9.17) is 4.52 Å². The third-order valence-corrected chi connectivity index (χ3v) is 2.73. The van der Waals surface area contributed by atoms with Gasteiger partial charge in [0.2, 0.25) is 0 Å². The fourth-order valence-electron chi connectivity index (χ4n) is 0.838. The minimum Gasteiger partial charge on any atom is -0.321 e. The van der Waals surface area contributed by atoms with Crippen LogP contribution in [0, 0.1) is 0 Å². The molecule has 0 saturated carbocycles. The molecule has 1 nitrogen and oxygen atoms in total. The molecular weight excluding hydrogens is 186 g/mol. The molecule has 72 valence electrons. The summed E-state index contributed by atoms with van der Waals surface area (Å²) in [7, 11) is -1.96. The quantitative estimate of drug-likeness (QED) is 0.665. The number of rotatable bonds is 2. The normalized spacial score (nSPS) is 14.2. The largest absolute Gasteiger partial charge is 0.321 e. The van der Waals surface area contributed by atoms with E-state index in [-0.39, 0.29) is 0 Å². The van der Waals surface area contributed by atoms with Crippen molar-refractivity contribution < 1.29 is 8.72 Å². The Morgan fingerprint density at radius 3 is 2.15 bits per heavy atom. The molecule has 0 heterocycles. The molecule has 1 unspecified atom stereocenters. The summed E-state index contributed by atoms with van der Waals surface area (Å²) >= 11 is 0. The molecule has 0 spiro atoms. The number of halogens is 1. The number of benzene rings is 1. The molecule has 0 aromatic heterocycles. The first kappa shape index (κ1) is 10.6. The molecule has 0 bridgehead atoms. The lowest BCUT2D eigenvalue weighted by atomic mass is 10.2. The van der Waals surface area contributed by atoms with Gasteiger partial charge in [0, 0.05) is 5.30 Å². The second-order valence-electron chi connectivity index (χ2n) is 3.78. The summed E-state index contributed by atoms with van der Waals surface area (Å²) in [6, 6.07) is 8.99. The Kier molecular flexibility index (Phi) is 3.40. The molecule has 1 aromatic rings. The fourth-order valence-corrected chi connectivity index (χ4v) is 1.83. The maximum atomic E-state index is 13.5. The zero-order valence-corrected chi connectivity index (χ0v) is 9.01. The molecule has 13 heavy (non-hydrogen) atoms. The van der Waals surface area contributed by atoms with Crippen LogP contribution in [-0.2, 0) is 4.52 Å². The van der Waals surface area contributed by atoms with Gasteiger partial charge in [-0.15, -0.1) is 0 Å². The van der Waals surface area contributed by atoms with Crippen molar-refractivity contribution in [3.63, 3.8) is 0 Å².